The summed E-state index contributed by atoms with van der Waals surface area (Å²) in [6.45, 7) is 2.41. The van der Waals surface area contributed by atoms with Crippen molar-refractivity contribution in [3.8, 4) is 11.8 Å². The van der Waals surface area contributed by atoms with Crippen LogP contribution in [0.25, 0.3) is 0 Å². The summed E-state index contributed by atoms with van der Waals surface area (Å²) in [5.74, 6) is 1.90. The molecule has 1 aromatic rings. The van der Waals surface area contributed by atoms with E-state index in [1.807, 2.05) is 6.07 Å². The van der Waals surface area contributed by atoms with E-state index in [4.69, 9.17) is 15.1 Å². The molecule has 1 atom stereocenters. The molecule has 0 aliphatic rings. The molecule has 1 rings (SSSR count). The van der Waals surface area contributed by atoms with Crippen molar-refractivity contribution in [1.29, 1.82) is 5.26 Å². The first-order valence-corrected chi connectivity index (χ1v) is 7.96. The van der Waals surface area contributed by atoms with Gasteiger partial charge in [-0.05, 0) is 31.2 Å². The number of nitrogens with one attached hydrogen (secondary N) is 1. The lowest BCUT2D eigenvalue weighted by Crippen LogP contribution is -2.37. The summed E-state index contributed by atoms with van der Waals surface area (Å²) < 4.78 is 5.52. The molecule has 2 N–H and O–H groups in total. The highest BCUT2D eigenvalue weighted by Crippen LogP contribution is 2.18. The zero-order valence-electron chi connectivity index (χ0n) is 12.0. The molecule has 0 fully saturated rings. The van der Waals surface area contributed by atoms with Crippen molar-refractivity contribution in [3.05, 3.63) is 29.8 Å². The van der Waals surface area contributed by atoms with E-state index in [0.29, 0.717) is 17.9 Å². The molecule has 1 unspecified atom stereocenters. The van der Waals surface area contributed by atoms with Gasteiger partial charge in [-0.2, -0.15) is 17.0 Å². The number of nitriles is 1. The number of rotatable bonds is 9. The SMILES string of the molecule is CC(Oc1ccccc1C#N)C(=O)NCCSCCCO. The fraction of sp³-hybridized carbons (Fsp3) is 0.467. The molecule has 0 radical (unpaired) electrons. The second kappa shape index (κ2) is 10.1. The Morgan fingerprint density at radius 1 is 1.48 bits per heavy atom. The molecular weight excluding hydrogens is 288 g/mol. The van der Waals surface area contributed by atoms with Crippen LogP contribution in [0.3, 0.4) is 0 Å². The van der Waals surface area contributed by atoms with Gasteiger partial charge >= 0.3 is 0 Å². The van der Waals surface area contributed by atoms with Gasteiger partial charge in [-0.15, -0.1) is 0 Å². The van der Waals surface area contributed by atoms with Crippen LogP contribution in [0.15, 0.2) is 24.3 Å². The highest BCUT2D eigenvalue weighted by atomic mass is 32.2. The van der Waals surface area contributed by atoms with Crippen LogP contribution in [-0.4, -0.2) is 41.8 Å². The Kier molecular flexibility index (Phi) is 8.32. The summed E-state index contributed by atoms with van der Waals surface area (Å²) in [5.41, 5.74) is 0.414. The number of nitrogens with zero attached hydrogens (tertiary/aromatic N) is 1. The maximum absolute atomic E-state index is 11.9. The first-order chi connectivity index (χ1) is 10.2. The van der Waals surface area contributed by atoms with E-state index in [-0.39, 0.29) is 12.5 Å². The van der Waals surface area contributed by atoms with Crippen LogP contribution in [-0.2, 0) is 4.79 Å². The van der Waals surface area contributed by atoms with E-state index in [1.54, 1.807) is 43.0 Å². The van der Waals surface area contributed by atoms with E-state index in [1.165, 1.54) is 0 Å². The summed E-state index contributed by atoms with van der Waals surface area (Å²) in [6, 6.07) is 8.87. The van der Waals surface area contributed by atoms with Crippen LogP contribution in [0.5, 0.6) is 5.75 Å². The normalized spacial score (nSPS) is 11.5. The van der Waals surface area contributed by atoms with Crippen molar-refractivity contribution in [1.82, 2.24) is 5.32 Å². The van der Waals surface area contributed by atoms with Crippen LogP contribution >= 0.6 is 11.8 Å². The molecule has 0 heterocycles. The predicted octanol–water partition coefficient (Wildman–Crippen LogP) is 1.56. The van der Waals surface area contributed by atoms with Crippen molar-refractivity contribution in [3.63, 3.8) is 0 Å². The van der Waals surface area contributed by atoms with Crippen LogP contribution in [0.4, 0.5) is 0 Å². The summed E-state index contributed by atoms with van der Waals surface area (Å²) >= 11 is 1.68. The van der Waals surface area contributed by atoms with Crippen LogP contribution in [0, 0.1) is 11.3 Å². The van der Waals surface area contributed by atoms with Gasteiger partial charge in [-0.25, -0.2) is 0 Å². The third-order valence-electron chi connectivity index (χ3n) is 2.67. The van der Waals surface area contributed by atoms with Gasteiger partial charge < -0.3 is 15.2 Å². The van der Waals surface area contributed by atoms with Crippen molar-refractivity contribution in [2.24, 2.45) is 0 Å². The van der Waals surface area contributed by atoms with E-state index >= 15 is 0 Å². The predicted molar refractivity (Wildman–Crippen MR) is 83.3 cm³/mol. The highest BCUT2D eigenvalue weighted by Gasteiger charge is 2.15. The van der Waals surface area contributed by atoms with E-state index in [9.17, 15) is 4.79 Å². The molecule has 0 aliphatic carbocycles. The Morgan fingerprint density at radius 3 is 2.95 bits per heavy atom. The summed E-state index contributed by atoms with van der Waals surface area (Å²) in [5, 5.41) is 20.4. The Hall–Kier alpha value is -1.71. The molecule has 0 bridgehead atoms. The minimum atomic E-state index is -0.651. The Balaban J connectivity index is 2.33. The lowest BCUT2D eigenvalue weighted by atomic mass is 10.2. The summed E-state index contributed by atoms with van der Waals surface area (Å²) in [6.07, 6.45) is 0.116. The standard InChI is InChI=1S/C15H20N2O3S/c1-12(15(19)17-7-10-21-9-4-8-18)20-14-6-3-2-5-13(14)11-16/h2-3,5-6,12,18H,4,7-10H2,1H3,(H,17,19). The average Bonchev–Trinajstić information content (AvgIpc) is 2.51. The number of hydrogen-bond donors (Lipinski definition) is 2. The number of ether oxygens (including phenoxy) is 1. The zero-order valence-corrected chi connectivity index (χ0v) is 12.9. The first-order valence-electron chi connectivity index (χ1n) is 6.81. The van der Waals surface area contributed by atoms with Gasteiger partial charge in [0.1, 0.15) is 11.8 Å². The van der Waals surface area contributed by atoms with Gasteiger partial charge in [0.2, 0.25) is 0 Å². The Morgan fingerprint density at radius 2 is 2.24 bits per heavy atom. The summed E-state index contributed by atoms with van der Waals surface area (Å²) in [7, 11) is 0. The number of carbonyl (C=O) groups is 1. The van der Waals surface area contributed by atoms with E-state index < -0.39 is 6.10 Å². The maximum Gasteiger partial charge on any atom is 0.260 e. The third kappa shape index (κ3) is 6.52. The summed E-state index contributed by atoms with van der Waals surface area (Å²) in [4.78, 5) is 11.9. The molecule has 5 nitrogen and oxygen atoms in total. The fourth-order valence-corrected chi connectivity index (χ4v) is 2.35. The van der Waals surface area contributed by atoms with E-state index in [0.717, 1.165) is 17.9 Å². The van der Waals surface area contributed by atoms with Crippen LogP contribution in [0.2, 0.25) is 0 Å². The second-order valence-corrected chi connectivity index (χ2v) is 5.57. The smallest absolute Gasteiger partial charge is 0.260 e. The quantitative estimate of drug-likeness (QED) is 0.677. The third-order valence-corrected chi connectivity index (χ3v) is 3.74. The second-order valence-electron chi connectivity index (χ2n) is 4.35. The average molecular weight is 308 g/mol. The zero-order chi connectivity index (χ0) is 15.5. The van der Waals surface area contributed by atoms with Gasteiger partial charge in [-0.3, -0.25) is 4.79 Å². The lowest BCUT2D eigenvalue weighted by molar-refractivity contribution is -0.127. The Labute approximate surface area is 129 Å². The number of hydrogen-bond acceptors (Lipinski definition) is 5. The molecular formula is C15H20N2O3S. The number of carbonyl (C=O) groups excluding carboxylic acids is 1. The van der Waals surface area contributed by atoms with Gasteiger partial charge in [0.15, 0.2) is 6.10 Å². The minimum Gasteiger partial charge on any atom is -0.480 e. The van der Waals surface area contributed by atoms with Crippen molar-refractivity contribution < 1.29 is 14.6 Å². The van der Waals surface area contributed by atoms with Gasteiger partial charge in [0.25, 0.3) is 5.91 Å². The number of para-hydroxylation sites is 1. The lowest BCUT2D eigenvalue weighted by Gasteiger charge is -2.15. The number of aliphatic hydroxyl groups is 1. The van der Waals surface area contributed by atoms with Crippen molar-refractivity contribution in [2.75, 3.05) is 24.7 Å². The molecule has 114 valence electrons. The molecule has 21 heavy (non-hydrogen) atoms. The van der Waals surface area contributed by atoms with Gasteiger partial charge in [0.05, 0.1) is 5.56 Å². The molecule has 0 saturated heterocycles. The Bertz CT molecular complexity index is 488. The number of thioether (sulfide) groups is 1. The molecule has 0 aromatic heterocycles. The number of aliphatic hydroxyl groups excluding tert-OH is 1. The fourth-order valence-electron chi connectivity index (χ4n) is 1.56. The van der Waals surface area contributed by atoms with Crippen molar-refractivity contribution >= 4 is 17.7 Å². The van der Waals surface area contributed by atoms with Crippen LogP contribution in [0.1, 0.15) is 18.9 Å². The monoisotopic (exact) mass is 308 g/mol. The molecule has 0 spiro atoms. The highest BCUT2D eigenvalue weighted by molar-refractivity contribution is 7.99. The molecule has 0 saturated carbocycles. The minimum absolute atomic E-state index is 0.197. The maximum atomic E-state index is 11.9. The van der Waals surface area contributed by atoms with Crippen LogP contribution < -0.4 is 10.1 Å². The van der Waals surface area contributed by atoms with Crippen molar-refractivity contribution in [2.45, 2.75) is 19.4 Å². The largest absolute Gasteiger partial charge is 0.480 e. The van der Waals surface area contributed by atoms with E-state index in [2.05, 4.69) is 5.32 Å². The molecule has 1 amide bonds. The van der Waals surface area contributed by atoms with Gasteiger partial charge in [-0.1, -0.05) is 12.1 Å². The number of amides is 1. The number of benzene rings is 1. The molecule has 0 aliphatic heterocycles. The van der Waals surface area contributed by atoms with Gasteiger partial charge in [0, 0.05) is 18.9 Å². The topological polar surface area (TPSA) is 82.3 Å². The molecule has 1 aromatic carbocycles. The first kappa shape index (κ1) is 17.3. The molecule has 6 heteroatoms.